The molecule has 3 heterocycles. The van der Waals surface area contributed by atoms with E-state index in [2.05, 4.69) is 10.3 Å². The number of aromatic nitrogens is 1. The van der Waals surface area contributed by atoms with E-state index in [-0.39, 0.29) is 23.6 Å². The fourth-order valence-electron chi connectivity index (χ4n) is 3.53. The zero-order valence-electron chi connectivity index (χ0n) is 17.4. The maximum atomic E-state index is 12.9. The van der Waals surface area contributed by atoms with Crippen LogP contribution >= 0.6 is 22.7 Å². The van der Waals surface area contributed by atoms with E-state index in [0.29, 0.717) is 16.4 Å². The highest BCUT2D eigenvalue weighted by Gasteiger charge is 2.36. The number of imide groups is 1. The second-order valence-electron chi connectivity index (χ2n) is 7.27. The molecule has 0 atom stereocenters. The number of hydrogen-bond acceptors (Lipinski definition) is 7. The van der Waals surface area contributed by atoms with Gasteiger partial charge in [-0.1, -0.05) is 18.2 Å². The monoisotopic (exact) mass is 475 g/mol. The van der Waals surface area contributed by atoms with Crippen molar-refractivity contribution in [2.75, 3.05) is 12.4 Å². The molecule has 2 aromatic carbocycles. The largest absolute Gasteiger partial charge is 0.497 e. The number of nitrogens with one attached hydrogen (secondary N) is 1. The van der Waals surface area contributed by atoms with Crippen molar-refractivity contribution in [2.45, 2.75) is 6.54 Å². The molecule has 33 heavy (non-hydrogen) atoms. The van der Waals surface area contributed by atoms with Crippen LogP contribution in [0, 0.1) is 0 Å². The Morgan fingerprint density at radius 2 is 1.82 bits per heavy atom. The molecule has 0 spiro atoms. The maximum absolute atomic E-state index is 12.9. The lowest BCUT2D eigenvalue weighted by Gasteiger charge is -2.14. The second kappa shape index (κ2) is 8.61. The summed E-state index contributed by atoms with van der Waals surface area (Å²) in [7, 11) is 1.57. The molecule has 0 saturated heterocycles. The van der Waals surface area contributed by atoms with Crippen LogP contribution < -0.4 is 10.1 Å². The number of thiazole rings is 1. The Morgan fingerprint density at radius 1 is 1.03 bits per heavy atom. The highest BCUT2D eigenvalue weighted by atomic mass is 32.1. The Bertz CT molecular complexity index is 1360. The Kier molecular flexibility index (Phi) is 5.49. The van der Waals surface area contributed by atoms with Crippen LogP contribution in [0.1, 0.15) is 36.6 Å². The lowest BCUT2D eigenvalue weighted by Crippen LogP contribution is -2.29. The number of fused-ring (bicyclic) bond motifs is 1. The predicted molar refractivity (Wildman–Crippen MR) is 127 cm³/mol. The smallest absolute Gasteiger partial charge is 0.261 e. The quantitative estimate of drug-likeness (QED) is 0.400. The Hall–Kier alpha value is -3.82. The molecule has 4 aromatic rings. The van der Waals surface area contributed by atoms with E-state index >= 15 is 0 Å². The fraction of sp³-hybridized carbons (Fsp3) is 0.0833. The number of carbonyl (C=O) groups excluding carboxylic acids is 3. The topological polar surface area (TPSA) is 88.6 Å². The standard InChI is InChI=1S/C24H17N3O4S2/c1-31-16-7-4-14(5-8-16)12-27-22(29)17-9-6-15(11-18(17)23(27)30)21(28)26-24-25-19(13-33-24)20-3-2-10-32-20/h2-11,13H,12H2,1H3,(H,25,26,28). The molecule has 7 nitrogen and oxygen atoms in total. The fourth-order valence-corrected chi connectivity index (χ4v) is 4.99. The van der Waals surface area contributed by atoms with Crippen LogP contribution in [0.15, 0.2) is 65.4 Å². The van der Waals surface area contributed by atoms with E-state index in [9.17, 15) is 14.4 Å². The van der Waals surface area contributed by atoms with Crippen LogP contribution in [0.2, 0.25) is 0 Å². The van der Waals surface area contributed by atoms with Crippen LogP contribution in [-0.2, 0) is 6.54 Å². The highest BCUT2D eigenvalue weighted by molar-refractivity contribution is 7.16. The molecule has 5 rings (SSSR count). The minimum Gasteiger partial charge on any atom is -0.497 e. The third kappa shape index (κ3) is 4.04. The Labute approximate surface area is 197 Å². The molecule has 0 unspecified atom stereocenters. The molecule has 9 heteroatoms. The third-order valence-electron chi connectivity index (χ3n) is 5.23. The maximum Gasteiger partial charge on any atom is 0.261 e. The number of carbonyl (C=O) groups is 3. The first-order valence-electron chi connectivity index (χ1n) is 9.97. The van der Waals surface area contributed by atoms with Gasteiger partial charge < -0.3 is 4.74 Å². The van der Waals surface area contributed by atoms with Crippen molar-refractivity contribution in [3.8, 4) is 16.3 Å². The normalized spacial score (nSPS) is 12.7. The molecule has 2 aromatic heterocycles. The van der Waals surface area contributed by atoms with Gasteiger partial charge in [0.05, 0.1) is 35.4 Å². The molecular weight excluding hydrogens is 458 g/mol. The minimum atomic E-state index is -0.422. The summed E-state index contributed by atoms with van der Waals surface area (Å²) in [6.45, 7) is 0.141. The number of hydrogen-bond donors (Lipinski definition) is 1. The molecule has 0 fully saturated rings. The molecule has 3 amide bonds. The van der Waals surface area contributed by atoms with Gasteiger partial charge in [0, 0.05) is 10.9 Å². The number of methoxy groups -OCH3 is 1. The Morgan fingerprint density at radius 3 is 2.55 bits per heavy atom. The summed E-state index contributed by atoms with van der Waals surface area (Å²) >= 11 is 2.90. The van der Waals surface area contributed by atoms with Gasteiger partial charge in [0.25, 0.3) is 17.7 Å². The predicted octanol–water partition coefficient (Wildman–Crippen LogP) is 4.93. The number of ether oxygens (including phenoxy) is 1. The van der Waals surface area contributed by atoms with Gasteiger partial charge in [-0.15, -0.1) is 22.7 Å². The zero-order valence-corrected chi connectivity index (χ0v) is 19.0. The number of rotatable bonds is 6. The third-order valence-corrected chi connectivity index (χ3v) is 6.88. The summed E-state index contributed by atoms with van der Waals surface area (Å²) < 4.78 is 5.14. The van der Waals surface area contributed by atoms with E-state index in [1.54, 1.807) is 48.8 Å². The van der Waals surface area contributed by atoms with Crippen LogP contribution in [0.25, 0.3) is 10.6 Å². The van der Waals surface area contributed by atoms with Crippen molar-refractivity contribution < 1.29 is 19.1 Å². The van der Waals surface area contributed by atoms with Gasteiger partial charge >= 0.3 is 0 Å². The molecule has 1 aliphatic heterocycles. The second-order valence-corrected chi connectivity index (χ2v) is 9.08. The van der Waals surface area contributed by atoms with Gasteiger partial charge in [-0.25, -0.2) is 4.98 Å². The number of benzene rings is 2. The zero-order chi connectivity index (χ0) is 22.9. The van der Waals surface area contributed by atoms with Crippen molar-refractivity contribution in [1.82, 2.24) is 9.88 Å². The first-order chi connectivity index (χ1) is 16.0. The summed E-state index contributed by atoms with van der Waals surface area (Å²) in [5.74, 6) is -0.494. The molecule has 0 radical (unpaired) electrons. The van der Waals surface area contributed by atoms with Crippen LogP contribution in [0.3, 0.4) is 0 Å². The van der Waals surface area contributed by atoms with E-state index in [4.69, 9.17) is 4.74 Å². The number of amides is 3. The first kappa shape index (κ1) is 21.0. The van der Waals surface area contributed by atoms with Crippen molar-refractivity contribution in [2.24, 2.45) is 0 Å². The lowest BCUT2D eigenvalue weighted by atomic mass is 10.1. The van der Waals surface area contributed by atoms with Gasteiger partial charge in [-0.05, 0) is 47.3 Å². The lowest BCUT2D eigenvalue weighted by molar-refractivity contribution is 0.0642. The molecule has 0 aliphatic carbocycles. The summed E-state index contributed by atoms with van der Waals surface area (Å²) in [5.41, 5.74) is 2.40. The summed E-state index contributed by atoms with van der Waals surface area (Å²) in [4.78, 5) is 45.2. The SMILES string of the molecule is COc1ccc(CN2C(=O)c3ccc(C(=O)Nc4nc(-c5cccs5)cs4)cc3C2=O)cc1. The number of thiophene rings is 1. The van der Waals surface area contributed by atoms with Crippen molar-refractivity contribution >= 4 is 45.5 Å². The van der Waals surface area contributed by atoms with E-state index in [1.807, 2.05) is 22.9 Å². The average molecular weight is 476 g/mol. The molecule has 0 saturated carbocycles. The Balaban J connectivity index is 1.32. The van der Waals surface area contributed by atoms with Gasteiger partial charge in [0.15, 0.2) is 5.13 Å². The highest BCUT2D eigenvalue weighted by Crippen LogP contribution is 2.29. The van der Waals surface area contributed by atoms with Gasteiger partial charge in [-0.3, -0.25) is 24.6 Å². The molecule has 0 bridgehead atoms. The average Bonchev–Trinajstić information content (AvgIpc) is 3.57. The number of nitrogens with zero attached hydrogens (tertiary/aromatic N) is 2. The molecular formula is C24H17N3O4S2. The van der Waals surface area contributed by atoms with Crippen molar-refractivity contribution in [3.05, 3.63) is 87.6 Å². The summed E-state index contributed by atoms with van der Waals surface area (Å²) in [6.07, 6.45) is 0. The van der Waals surface area contributed by atoms with E-state index < -0.39 is 11.8 Å². The molecule has 164 valence electrons. The summed E-state index contributed by atoms with van der Waals surface area (Å²) in [6, 6.07) is 15.6. The van der Waals surface area contributed by atoms with Crippen LogP contribution in [0.5, 0.6) is 5.75 Å². The summed E-state index contributed by atoms with van der Waals surface area (Å²) in [5, 5.41) is 7.08. The molecule has 1 aliphatic rings. The van der Waals surface area contributed by atoms with E-state index in [0.717, 1.165) is 16.1 Å². The van der Waals surface area contributed by atoms with Gasteiger partial charge in [0.2, 0.25) is 0 Å². The van der Waals surface area contributed by atoms with Crippen molar-refractivity contribution in [3.63, 3.8) is 0 Å². The van der Waals surface area contributed by atoms with Crippen molar-refractivity contribution in [1.29, 1.82) is 0 Å². The first-order valence-corrected chi connectivity index (χ1v) is 11.7. The molecule has 1 N–H and O–H groups in total. The number of anilines is 1. The van der Waals surface area contributed by atoms with E-state index in [1.165, 1.54) is 28.4 Å². The van der Waals surface area contributed by atoms with Crippen LogP contribution in [-0.4, -0.2) is 34.7 Å². The van der Waals surface area contributed by atoms with Gasteiger partial charge in [-0.2, -0.15) is 0 Å². The minimum absolute atomic E-state index is 0.141. The van der Waals surface area contributed by atoms with Gasteiger partial charge in [0.1, 0.15) is 5.75 Å². The van der Waals surface area contributed by atoms with Crippen LogP contribution in [0.4, 0.5) is 5.13 Å².